The van der Waals surface area contributed by atoms with Crippen molar-refractivity contribution in [1.82, 2.24) is 15.5 Å². The van der Waals surface area contributed by atoms with Gasteiger partial charge in [0.2, 0.25) is 0 Å². The molecule has 1 saturated heterocycles. The van der Waals surface area contributed by atoms with E-state index in [1.54, 1.807) is 18.2 Å². The molecule has 0 unspecified atom stereocenters. The van der Waals surface area contributed by atoms with Crippen molar-refractivity contribution in [3.05, 3.63) is 23.8 Å². The Bertz CT molecular complexity index is 651. The highest BCUT2D eigenvalue weighted by atomic mass is 35.5. The Morgan fingerprint density at radius 1 is 1.10 bits per heavy atom. The zero-order chi connectivity index (χ0) is 20.4. The predicted octanol–water partition coefficient (Wildman–Crippen LogP) is 2.63. The third-order valence-electron chi connectivity index (χ3n) is 4.69. The summed E-state index contributed by atoms with van der Waals surface area (Å²) < 4.78 is 11.3. The topological polar surface area (TPSA) is 79.9 Å². The smallest absolute Gasteiger partial charge is 0.260 e. The second-order valence-corrected chi connectivity index (χ2v) is 6.99. The Balaban J connectivity index is 0.00000420. The van der Waals surface area contributed by atoms with Gasteiger partial charge < -0.3 is 25.0 Å². The van der Waals surface area contributed by atoms with Crippen LogP contribution in [0.4, 0.5) is 0 Å². The Labute approximate surface area is 179 Å². The molecule has 0 saturated carbocycles. The van der Waals surface area contributed by atoms with Crippen LogP contribution in [0.1, 0.15) is 50.4 Å². The maximum Gasteiger partial charge on any atom is 0.260 e. The van der Waals surface area contributed by atoms with Crippen LogP contribution in [-0.4, -0.2) is 62.1 Å². The van der Waals surface area contributed by atoms with Gasteiger partial charge in [0.25, 0.3) is 11.8 Å². The number of likely N-dealkylation sites (tertiary alicyclic amines) is 1. The molecule has 2 N–H and O–H groups in total. The largest absolute Gasteiger partial charge is 0.490 e. The van der Waals surface area contributed by atoms with Gasteiger partial charge in [-0.25, -0.2) is 0 Å². The number of piperidine rings is 1. The fraction of sp³-hybridized carbons (Fsp3) is 0.619. The first-order valence-corrected chi connectivity index (χ1v) is 10.2. The summed E-state index contributed by atoms with van der Waals surface area (Å²) in [7, 11) is 0. The van der Waals surface area contributed by atoms with E-state index in [4.69, 9.17) is 9.47 Å². The molecule has 1 aromatic carbocycles. The first-order valence-electron chi connectivity index (χ1n) is 10.2. The summed E-state index contributed by atoms with van der Waals surface area (Å²) in [6.07, 6.45) is 3.27. The van der Waals surface area contributed by atoms with Gasteiger partial charge in [0.1, 0.15) is 0 Å². The van der Waals surface area contributed by atoms with Gasteiger partial charge in [-0.2, -0.15) is 0 Å². The van der Waals surface area contributed by atoms with E-state index in [1.807, 2.05) is 25.7 Å². The summed E-state index contributed by atoms with van der Waals surface area (Å²) in [5, 5.41) is 6.16. The SMILES string of the molecule is CCN[C@H](C)CNC(=O)c1ccc(OCC(=O)N2CCCCC2)c(OCC)c1.Cl. The number of carbonyl (C=O) groups excluding carboxylic acids is 2. The van der Waals surface area contributed by atoms with Gasteiger partial charge in [0.05, 0.1) is 6.61 Å². The summed E-state index contributed by atoms with van der Waals surface area (Å²) in [4.78, 5) is 26.6. The molecule has 0 aliphatic carbocycles. The van der Waals surface area contributed by atoms with Crippen molar-refractivity contribution in [3.63, 3.8) is 0 Å². The second-order valence-electron chi connectivity index (χ2n) is 6.99. The molecule has 0 aromatic heterocycles. The van der Waals surface area contributed by atoms with E-state index in [1.165, 1.54) is 6.42 Å². The summed E-state index contributed by atoms with van der Waals surface area (Å²) in [5.74, 6) is 0.772. The molecular formula is C21H34ClN3O4. The minimum Gasteiger partial charge on any atom is -0.490 e. The highest BCUT2D eigenvalue weighted by Gasteiger charge is 2.18. The van der Waals surface area contributed by atoms with Crippen LogP contribution in [0, 0.1) is 0 Å². The summed E-state index contributed by atoms with van der Waals surface area (Å²) in [6, 6.07) is 5.24. The molecule has 8 heteroatoms. The van der Waals surface area contributed by atoms with Crippen LogP contribution in [0.2, 0.25) is 0 Å². The molecule has 1 fully saturated rings. The van der Waals surface area contributed by atoms with Crippen molar-refractivity contribution in [3.8, 4) is 11.5 Å². The molecule has 1 aliphatic heterocycles. The van der Waals surface area contributed by atoms with Gasteiger partial charge in [-0.1, -0.05) is 6.92 Å². The minimum absolute atomic E-state index is 0. The van der Waals surface area contributed by atoms with E-state index in [9.17, 15) is 9.59 Å². The molecule has 2 rings (SSSR count). The predicted molar refractivity (Wildman–Crippen MR) is 116 cm³/mol. The van der Waals surface area contributed by atoms with Gasteiger partial charge in [0.15, 0.2) is 18.1 Å². The number of ether oxygens (including phenoxy) is 2. The second kappa shape index (κ2) is 13.3. The normalized spacial score (nSPS) is 14.5. The first kappa shape index (κ1) is 25.0. The summed E-state index contributed by atoms with van der Waals surface area (Å²) in [5.41, 5.74) is 0.502. The number of carbonyl (C=O) groups is 2. The average molecular weight is 428 g/mol. The summed E-state index contributed by atoms with van der Waals surface area (Å²) in [6.45, 7) is 9.33. The van der Waals surface area contributed by atoms with Crippen LogP contribution in [-0.2, 0) is 4.79 Å². The Morgan fingerprint density at radius 3 is 2.48 bits per heavy atom. The van der Waals surface area contributed by atoms with Crippen molar-refractivity contribution < 1.29 is 19.1 Å². The molecule has 0 radical (unpaired) electrons. The number of halogens is 1. The third-order valence-corrected chi connectivity index (χ3v) is 4.69. The first-order chi connectivity index (χ1) is 13.5. The molecule has 1 aromatic rings. The number of benzene rings is 1. The molecule has 1 atom stereocenters. The Hall–Kier alpha value is -1.99. The molecule has 0 bridgehead atoms. The number of hydrogen-bond acceptors (Lipinski definition) is 5. The highest BCUT2D eigenvalue weighted by molar-refractivity contribution is 5.95. The maximum absolute atomic E-state index is 12.4. The lowest BCUT2D eigenvalue weighted by atomic mass is 10.1. The quantitative estimate of drug-likeness (QED) is 0.600. The van der Waals surface area contributed by atoms with E-state index in [0.717, 1.165) is 32.5 Å². The van der Waals surface area contributed by atoms with Crippen molar-refractivity contribution in [2.45, 2.75) is 46.1 Å². The molecule has 2 amide bonds. The van der Waals surface area contributed by atoms with E-state index >= 15 is 0 Å². The summed E-state index contributed by atoms with van der Waals surface area (Å²) >= 11 is 0. The van der Waals surface area contributed by atoms with Gasteiger partial charge in [-0.15, -0.1) is 12.4 Å². The zero-order valence-corrected chi connectivity index (χ0v) is 18.5. The van der Waals surface area contributed by atoms with Crippen LogP contribution in [0.5, 0.6) is 11.5 Å². The molecule has 29 heavy (non-hydrogen) atoms. The van der Waals surface area contributed by atoms with Gasteiger partial charge in [-0.05, 0) is 57.9 Å². The molecule has 1 aliphatic rings. The number of amides is 2. The third kappa shape index (κ3) is 8.11. The molecule has 0 spiro atoms. The molecule has 1 heterocycles. The van der Waals surface area contributed by atoms with E-state index in [0.29, 0.717) is 30.2 Å². The van der Waals surface area contributed by atoms with Crippen molar-refractivity contribution in [2.75, 3.05) is 39.4 Å². The van der Waals surface area contributed by atoms with E-state index in [-0.39, 0.29) is 36.9 Å². The molecule has 7 nitrogen and oxygen atoms in total. The number of nitrogens with zero attached hydrogens (tertiary/aromatic N) is 1. The lowest BCUT2D eigenvalue weighted by Crippen LogP contribution is -2.39. The van der Waals surface area contributed by atoms with Crippen molar-refractivity contribution in [2.24, 2.45) is 0 Å². The highest BCUT2D eigenvalue weighted by Crippen LogP contribution is 2.28. The van der Waals surface area contributed by atoms with Crippen LogP contribution >= 0.6 is 12.4 Å². The lowest BCUT2D eigenvalue weighted by molar-refractivity contribution is -0.134. The fourth-order valence-corrected chi connectivity index (χ4v) is 3.18. The lowest BCUT2D eigenvalue weighted by Gasteiger charge is -2.26. The van der Waals surface area contributed by atoms with Gasteiger partial charge >= 0.3 is 0 Å². The van der Waals surface area contributed by atoms with Gasteiger partial charge in [0, 0.05) is 31.2 Å². The maximum atomic E-state index is 12.4. The van der Waals surface area contributed by atoms with Crippen LogP contribution in [0.3, 0.4) is 0 Å². The molecule has 164 valence electrons. The van der Waals surface area contributed by atoms with Crippen LogP contribution < -0.4 is 20.1 Å². The number of nitrogens with one attached hydrogen (secondary N) is 2. The Kier molecular flexibility index (Phi) is 11.5. The molecular weight excluding hydrogens is 394 g/mol. The van der Waals surface area contributed by atoms with Crippen LogP contribution in [0.15, 0.2) is 18.2 Å². The standard InChI is InChI=1S/C21H33N3O4.ClH/c1-4-22-16(3)14-23-21(26)17-9-10-18(19(13-17)27-5-2)28-15-20(25)24-11-7-6-8-12-24;/h9-10,13,16,22H,4-8,11-12,14-15H2,1-3H3,(H,23,26);1H/t16-;/m1./s1. The number of hydrogen-bond donors (Lipinski definition) is 2. The average Bonchev–Trinajstić information content (AvgIpc) is 2.72. The number of likely N-dealkylation sites (N-methyl/N-ethyl adjacent to an activating group) is 1. The number of rotatable bonds is 10. The van der Waals surface area contributed by atoms with Crippen molar-refractivity contribution in [1.29, 1.82) is 0 Å². The van der Waals surface area contributed by atoms with Crippen molar-refractivity contribution >= 4 is 24.2 Å². The van der Waals surface area contributed by atoms with Gasteiger partial charge in [-0.3, -0.25) is 9.59 Å². The zero-order valence-electron chi connectivity index (χ0n) is 17.7. The van der Waals surface area contributed by atoms with E-state index in [2.05, 4.69) is 10.6 Å². The monoisotopic (exact) mass is 427 g/mol. The van der Waals surface area contributed by atoms with E-state index < -0.39 is 0 Å². The minimum atomic E-state index is -0.165. The Morgan fingerprint density at radius 2 is 1.83 bits per heavy atom. The fourth-order valence-electron chi connectivity index (χ4n) is 3.18. The van der Waals surface area contributed by atoms with Crippen LogP contribution in [0.25, 0.3) is 0 Å².